The van der Waals surface area contributed by atoms with Gasteiger partial charge in [0.05, 0.1) is 7.11 Å². The number of nitrogens with one attached hydrogen (secondary N) is 3. The number of anilines is 2. The van der Waals surface area contributed by atoms with Gasteiger partial charge < -0.3 is 30.5 Å². The Morgan fingerprint density at radius 3 is 2.09 bits per heavy atom. The van der Waals surface area contributed by atoms with E-state index in [0.29, 0.717) is 27.2 Å². The molecule has 0 aliphatic carbocycles. The molecule has 1 atom stereocenters. The van der Waals surface area contributed by atoms with Gasteiger partial charge in [0.15, 0.2) is 5.60 Å². The van der Waals surface area contributed by atoms with Crippen LogP contribution >= 0.6 is 23.2 Å². The van der Waals surface area contributed by atoms with Crippen LogP contribution in [0.3, 0.4) is 0 Å². The highest BCUT2D eigenvalue weighted by molar-refractivity contribution is 6.35. The minimum atomic E-state index is -1.43. The maximum absolute atomic E-state index is 12.6. The lowest BCUT2D eigenvalue weighted by Gasteiger charge is -2.27. The van der Waals surface area contributed by atoms with Gasteiger partial charge in [0, 0.05) is 27.8 Å². The molecule has 0 spiro atoms. The zero-order chi connectivity index (χ0) is 26.2. The number of hydrogen-bond acceptors (Lipinski definition) is 6. The van der Waals surface area contributed by atoms with Crippen LogP contribution in [0.15, 0.2) is 42.5 Å². The van der Waals surface area contributed by atoms with E-state index in [0.717, 1.165) is 0 Å². The zero-order valence-electron chi connectivity index (χ0n) is 19.2. The molecule has 0 aliphatic rings. The highest BCUT2D eigenvalue weighted by Crippen LogP contribution is 2.24. The molecule has 0 fully saturated rings. The van der Waals surface area contributed by atoms with Gasteiger partial charge in [0.2, 0.25) is 0 Å². The smallest absolute Gasteiger partial charge is 0.326 e. The lowest BCUT2D eigenvalue weighted by molar-refractivity contribution is -0.146. The summed E-state index contributed by atoms with van der Waals surface area (Å²) >= 11 is 11.8. The van der Waals surface area contributed by atoms with E-state index in [1.165, 1.54) is 39.2 Å². The van der Waals surface area contributed by atoms with Crippen molar-refractivity contribution in [3.05, 3.63) is 52.5 Å². The molecule has 1 unspecified atom stereocenters. The molecule has 4 N–H and O–H groups in total. The molecule has 0 saturated carbocycles. The topological polar surface area (TPSA) is 143 Å². The molecule has 0 aliphatic heterocycles. The Labute approximate surface area is 211 Å². The number of benzene rings is 2. The van der Waals surface area contributed by atoms with E-state index in [9.17, 15) is 24.3 Å². The summed E-state index contributed by atoms with van der Waals surface area (Å²) < 4.78 is 10.2. The number of carboxylic acids is 1. The van der Waals surface area contributed by atoms with Crippen molar-refractivity contribution in [2.24, 2.45) is 0 Å². The van der Waals surface area contributed by atoms with Gasteiger partial charge in [-0.2, -0.15) is 0 Å². The molecule has 0 heterocycles. The molecule has 188 valence electrons. The van der Waals surface area contributed by atoms with E-state index in [1.54, 1.807) is 24.3 Å². The molecule has 0 saturated heterocycles. The number of urea groups is 1. The van der Waals surface area contributed by atoms with Crippen LogP contribution in [0.1, 0.15) is 26.7 Å². The van der Waals surface area contributed by atoms with Gasteiger partial charge in [-0.05, 0) is 62.7 Å². The number of carbonyl (C=O) groups excluding carboxylic acids is 3. The Balaban J connectivity index is 1.95. The first kappa shape index (κ1) is 27.7. The van der Waals surface area contributed by atoms with Crippen molar-refractivity contribution in [1.82, 2.24) is 5.32 Å². The zero-order valence-corrected chi connectivity index (χ0v) is 20.7. The Morgan fingerprint density at radius 2 is 1.54 bits per heavy atom. The van der Waals surface area contributed by atoms with Crippen molar-refractivity contribution in [2.45, 2.75) is 38.3 Å². The third-order valence-electron chi connectivity index (χ3n) is 4.62. The van der Waals surface area contributed by atoms with E-state index in [2.05, 4.69) is 20.7 Å². The maximum atomic E-state index is 12.6. The highest BCUT2D eigenvalue weighted by atomic mass is 35.5. The summed E-state index contributed by atoms with van der Waals surface area (Å²) in [5.41, 5.74) is -0.574. The second-order valence-electron chi connectivity index (χ2n) is 7.85. The Morgan fingerprint density at radius 1 is 0.971 bits per heavy atom. The van der Waals surface area contributed by atoms with Crippen LogP contribution in [-0.2, 0) is 19.1 Å². The first-order valence-electron chi connectivity index (χ1n) is 10.3. The number of amides is 3. The fourth-order valence-corrected chi connectivity index (χ4v) is 3.35. The molecule has 3 amide bonds. The number of carbonyl (C=O) groups is 4. The summed E-state index contributed by atoms with van der Waals surface area (Å²) in [5, 5.41) is 17.7. The van der Waals surface area contributed by atoms with Gasteiger partial charge in [0.1, 0.15) is 11.8 Å². The fraction of sp³-hybridized carbons (Fsp3) is 0.304. The second-order valence-corrected chi connectivity index (χ2v) is 8.73. The number of methoxy groups -OCH3 is 1. The van der Waals surface area contributed by atoms with E-state index < -0.39 is 35.5 Å². The molecular weight excluding hydrogens is 501 g/mol. The number of esters is 1. The van der Waals surface area contributed by atoms with Crippen molar-refractivity contribution < 1.29 is 33.8 Å². The molecule has 0 aromatic heterocycles. The predicted molar refractivity (Wildman–Crippen MR) is 131 cm³/mol. The van der Waals surface area contributed by atoms with Crippen LogP contribution in [0.2, 0.25) is 10.0 Å². The average molecular weight is 526 g/mol. The molecule has 0 bridgehead atoms. The summed E-state index contributed by atoms with van der Waals surface area (Å²) in [6.45, 7) is 2.94. The molecule has 2 aromatic rings. The summed E-state index contributed by atoms with van der Waals surface area (Å²) in [5.74, 6) is -2.25. The lowest BCUT2D eigenvalue weighted by atomic mass is 10.1. The summed E-state index contributed by atoms with van der Waals surface area (Å²) in [6.07, 6.45) is -0.297. The largest absolute Gasteiger partial charge is 0.480 e. The Kier molecular flexibility index (Phi) is 9.73. The van der Waals surface area contributed by atoms with Crippen molar-refractivity contribution in [3.63, 3.8) is 0 Å². The monoisotopic (exact) mass is 525 g/mol. The van der Waals surface area contributed by atoms with Gasteiger partial charge in [-0.25, -0.2) is 9.59 Å². The first-order chi connectivity index (χ1) is 16.4. The quantitative estimate of drug-likeness (QED) is 0.338. The molecular formula is C23H25Cl2N3O7. The normalized spacial score (nSPS) is 11.7. The van der Waals surface area contributed by atoms with Crippen LogP contribution in [0.25, 0.3) is 0 Å². The van der Waals surface area contributed by atoms with Gasteiger partial charge >= 0.3 is 18.0 Å². The second kappa shape index (κ2) is 12.3. The minimum Gasteiger partial charge on any atom is -0.480 e. The molecule has 35 heavy (non-hydrogen) atoms. The molecule has 12 heteroatoms. The van der Waals surface area contributed by atoms with Crippen LogP contribution < -0.4 is 20.7 Å². The summed E-state index contributed by atoms with van der Waals surface area (Å²) in [7, 11) is 1.19. The van der Waals surface area contributed by atoms with Crippen molar-refractivity contribution in [1.29, 1.82) is 0 Å². The number of ether oxygens (including phenoxy) is 2. The third kappa shape index (κ3) is 8.99. The van der Waals surface area contributed by atoms with E-state index in [4.69, 9.17) is 27.9 Å². The lowest BCUT2D eigenvalue weighted by Crippen LogP contribution is -2.52. The standard InChI is InChI=1S/C23H25Cl2N3O7/c1-23(2,21(32)28-18(20(30)31)8-9-19(29)34-3)35-17-6-4-15(5-7-17)26-22(33)27-16-11-13(24)10-14(25)12-16/h4-7,10-12,18H,8-9H2,1-3H3,(H,28,32)(H,30,31)(H2,26,27,33). The summed E-state index contributed by atoms with van der Waals surface area (Å²) in [6, 6.07) is 9.00. The van der Waals surface area contributed by atoms with E-state index in [-0.39, 0.29) is 12.8 Å². The number of aliphatic carboxylic acids is 1. The van der Waals surface area contributed by atoms with Gasteiger partial charge in [-0.1, -0.05) is 23.2 Å². The molecule has 2 rings (SSSR count). The van der Waals surface area contributed by atoms with Gasteiger partial charge in [0.25, 0.3) is 5.91 Å². The number of hydrogen-bond donors (Lipinski definition) is 4. The van der Waals surface area contributed by atoms with Gasteiger partial charge in [-0.3, -0.25) is 9.59 Å². The maximum Gasteiger partial charge on any atom is 0.326 e. The fourth-order valence-electron chi connectivity index (χ4n) is 2.82. The molecule has 0 radical (unpaired) electrons. The first-order valence-corrected chi connectivity index (χ1v) is 11.1. The van der Waals surface area contributed by atoms with Crippen molar-refractivity contribution in [2.75, 3.05) is 17.7 Å². The van der Waals surface area contributed by atoms with Crippen molar-refractivity contribution in [3.8, 4) is 5.75 Å². The summed E-state index contributed by atoms with van der Waals surface area (Å²) in [4.78, 5) is 47.6. The van der Waals surface area contributed by atoms with Gasteiger partial charge in [-0.15, -0.1) is 0 Å². The highest BCUT2D eigenvalue weighted by Gasteiger charge is 2.33. The SMILES string of the molecule is COC(=O)CCC(NC(=O)C(C)(C)Oc1ccc(NC(=O)Nc2cc(Cl)cc(Cl)c2)cc1)C(=O)O. The van der Waals surface area contributed by atoms with Crippen LogP contribution in [0, 0.1) is 0 Å². The number of carboxylic acid groups (broad SMARTS) is 1. The number of halogens is 2. The van der Waals surface area contributed by atoms with Crippen LogP contribution in [-0.4, -0.2) is 47.7 Å². The number of rotatable bonds is 10. The van der Waals surface area contributed by atoms with Crippen molar-refractivity contribution >= 4 is 58.5 Å². The Bertz CT molecular complexity index is 1070. The van der Waals surface area contributed by atoms with E-state index in [1.807, 2.05) is 0 Å². The third-order valence-corrected chi connectivity index (χ3v) is 5.06. The Hall–Kier alpha value is -3.50. The average Bonchev–Trinajstić information content (AvgIpc) is 2.76. The van der Waals surface area contributed by atoms with Crippen LogP contribution in [0.4, 0.5) is 16.2 Å². The molecule has 2 aromatic carbocycles. The molecule has 10 nitrogen and oxygen atoms in total. The predicted octanol–water partition coefficient (Wildman–Crippen LogP) is 4.32. The van der Waals surface area contributed by atoms with E-state index >= 15 is 0 Å². The van der Waals surface area contributed by atoms with Crippen LogP contribution in [0.5, 0.6) is 5.75 Å². The minimum absolute atomic E-state index is 0.131.